The Hall–Kier alpha value is -2.01. The summed E-state index contributed by atoms with van der Waals surface area (Å²) in [6, 6.07) is 11.2. The Kier molecular flexibility index (Phi) is 4.63. The van der Waals surface area contributed by atoms with E-state index in [1.54, 1.807) is 0 Å². The summed E-state index contributed by atoms with van der Waals surface area (Å²) in [7, 11) is 0. The van der Waals surface area contributed by atoms with Crippen molar-refractivity contribution >= 4 is 6.08 Å². The second kappa shape index (κ2) is 6.83. The molecule has 2 heterocycles. The third-order valence-electron chi connectivity index (χ3n) is 4.12. The van der Waals surface area contributed by atoms with Gasteiger partial charge in [0.15, 0.2) is 5.82 Å². The van der Waals surface area contributed by atoms with Crippen LogP contribution in [0.4, 0.5) is 0 Å². The fourth-order valence-corrected chi connectivity index (χ4v) is 2.95. The van der Waals surface area contributed by atoms with E-state index in [0.717, 1.165) is 18.9 Å². The first-order valence-electron chi connectivity index (χ1n) is 7.98. The van der Waals surface area contributed by atoms with E-state index in [2.05, 4.69) is 70.7 Å². The molecule has 0 spiro atoms. The maximum atomic E-state index is 4.19. The van der Waals surface area contributed by atoms with Crippen LogP contribution in [-0.4, -0.2) is 37.7 Å². The van der Waals surface area contributed by atoms with E-state index in [4.69, 9.17) is 0 Å². The Bertz CT molecular complexity index is 617. The zero-order valence-electron chi connectivity index (χ0n) is 13.3. The molecule has 22 heavy (non-hydrogen) atoms. The summed E-state index contributed by atoms with van der Waals surface area (Å²) in [6.07, 6.45) is 6.96. The first-order valence-corrected chi connectivity index (χ1v) is 7.98. The molecule has 2 aromatic rings. The number of tetrazole rings is 1. The second-order valence-corrected chi connectivity index (χ2v) is 6.08. The maximum absolute atomic E-state index is 4.19. The number of hydrogen-bond acceptors (Lipinski definition) is 4. The predicted molar refractivity (Wildman–Crippen MR) is 87.1 cm³/mol. The van der Waals surface area contributed by atoms with Gasteiger partial charge in [0.2, 0.25) is 0 Å². The fourth-order valence-electron chi connectivity index (χ4n) is 2.95. The monoisotopic (exact) mass is 297 g/mol. The van der Waals surface area contributed by atoms with Crippen molar-refractivity contribution in [3.05, 3.63) is 47.8 Å². The third kappa shape index (κ3) is 3.42. The summed E-state index contributed by atoms with van der Waals surface area (Å²) in [5, 5.41) is 12.1. The van der Waals surface area contributed by atoms with E-state index in [9.17, 15) is 0 Å². The average molecular weight is 297 g/mol. The molecule has 1 atom stereocenters. The Morgan fingerprint density at radius 1 is 1.27 bits per heavy atom. The molecule has 1 aromatic heterocycles. The van der Waals surface area contributed by atoms with E-state index in [-0.39, 0.29) is 0 Å². The Labute approximate surface area is 131 Å². The van der Waals surface area contributed by atoms with Crippen molar-refractivity contribution in [2.45, 2.75) is 45.3 Å². The predicted octanol–water partition coefficient (Wildman–Crippen LogP) is 2.93. The lowest BCUT2D eigenvalue weighted by atomic mass is 10.1. The number of likely N-dealkylation sites (tertiary alicyclic amines) is 1. The Balaban J connectivity index is 1.68. The summed E-state index contributed by atoms with van der Waals surface area (Å²) in [4.78, 5) is 2.46. The van der Waals surface area contributed by atoms with Crippen molar-refractivity contribution in [1.82, 2.24) is 25.1 Å². The van der Waals surface area contributed by atoms with Gasteiger partial charge in [0.25, 0.3) is 0 Å². The molecule has 0 radical (unpaired) electrons. The van der Waals surface area contributed by atoms with Crippen LogP contribution in [0.2, 0.25) is 0 Å². The minimum Gasteiger partial charge on any atom is -0.289 e. The van der Waals surface area contributed by atoms with Crippen LogP contribution in [0, 0.1) is 0 Å². The quantitative estimate of drug-likeness (QED) is 0.851. The van der Waals surface area contributed by atoms with Crippen LogP contribution in [0.1, 0.15) is 44.1 Å². The summed E-state index contributed by atoms with van der Waals surface area (Å²) >= 11 is 0. The molecular formula is C17H23N5. The molecule has 1 saturated heterocycles. The van der Waals surface area contributed by atoms with Crippen LogP contribution in [0.5, 0.6) is 0 Å². The van der Waals surface area contributed by atoms with E-state index in [1.807, 2.05) is 10.7 Å². The number of hydrogen-bond donors (Lipinski definition) is 0. The van der Waals surface area contributed by atoms with Gasteiger partial charge in [-0.15, -0.1) is 5.10 Å². The van der Waals surface area contributed by atoms with Gasteiger partial charge in [-0.05, 0) is 49.2 Å². The molecule has 116 valence electrons. The van der Waals surface area contributed by atoms with Crippen LogP contribution in [0.15, 0.2) is 36.4 Å². The molecule has 0 unspecified atom stereocenters. The van der Waals surface area contributed by atoms with Crippen molar-refractivity contribution in [3.8, 4) is 0 Å². The van der Waals surface area contributed by atoms with Crippen molar-refractivity contribution < 1.29 is 0 Å². The van der Waals surface area contributed by atoms with Crippen LogP contribution < -0.4 is 0 Å². The topological polar surface area (TPSA) is 46.8 Å². The second-order valence-electron chi connectivity index (χ2n) is 6.08. The van der Waals surface area contributed by atoms with E-state index >= 15 is 0 Å². The number of aromatic nitrogens is 4. The Morgan fingerprint density at radius 2 is 2.09 bits per heavy atom. The maximum Gasteiger partial charge on any atom is 0.165 e. The van der Waals surface area contributed by atoms with Crippen molar-refractivity contribution in [2.75, 3.05) is 6.54 Å². The van der Waals surface area contributed by atoms with Crippen LogP contribution in [0.25, 0.3) is 6.08 Å². The molecule has 0 amide bonds. The number of benzene rings is 1. The summed E-state index contributed by atoms with van der Waals surface area (Å²) < 4.78 is 1.91. The molecule has 5 heteroatoms. The molecule has 0 N–H and O–H groups in total. The summed E-state index contributed by atoms with van der Waals surface area (Å²) in [6.45, 7) is 6.14. The van der Waals surface area contributed by atoms with Crippen LogP contribution in [0.3, 0.4) is 0 Å². The molecule has 0 bridgehead atoms. The van der Waals surface area contributed by atoms with Gasteiger partial charge < -0.3 is 0 Å². The van der Waals surface area contributed by atoms with E-state index in [0.29, 0.717) is 12.1 Å². The van der Waals surface area contributed by atoms with Crippen LogP contribution in [-0.2, 0) is 6.54 Å². The normalized spacial score (nSPS) is 19.5. The smallest absolute Gasteiger partial charge is 0.165 e. The van der Waals surface area contributed by atoms with Gasteiger partial charge in [-0.3, -0.25) is 4.90 Å². The highest BCUT2D eigenvalue weighted by Gasteiger charge is 2.24. The largest absolute Gasteiger partial charge is 0.289 e. The minimum atomic E-state index is 0.297. The molecule has 3 rings (SSSR count). The number of nitrogens with zero attached hydrogens (tertiary/aromatic N) is 5. The van der Waals surface area contributed by atoms with Gasteiger partial charge in [0.1, 0.15) is 0 Å². The molecule has 0 saturated carbocycles. The summed E-state index contributed by atoms with van der Waals surface area (Å²) in [5.41, 5.74) is 1.25. The van der Waals surface area contributed by atoms with Gasteiger partial charge in [-0.1, -0.05) is 42.5 Å². The first-order chi connectivity index (χ1) is 10.7. The molecule has 5 nitrogen and oxygen atoms in total. The highest BCUT2D eigenvalue weighted by atomic mass is 15.6. The molecule has 1 aliphatic heterocycles. The highest BCUT2D eigenvalue weighted by Crippen LogP contribution is 2.21. The lowest BCUT2D eigenvalue weighted by Crippen LogP contribution is -2.29. The third-order valence-corrected chi connectivity index (χ3v) is 4.12. The lowest BCUT2D eigenvalue weighted by molar-refractivity contribution is 0.266. The highest BCUT2D eigenvalue weighted by molar-refractivity contribution is 5.49. The number of rotatable bonds is 5. The Morgan fingerprint density at radius 3 is 2.86 bits per heavy atom. The molecule has 1 aromatic carbocycles. The fraction of sp³-hybridized carbons (Fsp3) is 0.471. The molecular weight excluding hydrogens is 274 g/mol. The first kappa shape index (κ1) is 14.9. The summed E-state index contributed by atoms with van der Waals surface area (Å²) in [5.74, 6) is 0.954. The van der Waals surface area contributed by atoms with Crippen molar-refractivity contribution in [1.29, 1.82) is 0 Å². The zero-order chi connectivity index (χ0) is 15.4. The zero-order valence-corrected chi connectivity index (χ0v) is 13.3. The molecule has 1 fully saturated rings. The standard InChI is InChI=1S/C17H23N5/c1-14(2)22-17(18-19-20-22)13-21-12-6-9-16(21)11-10-15-7-4-3-5-8-15/h3-5,7-8,10-11,14,16H,6,9,12-13H2,1-2H3/t16-/m0/s1. The molecule has 1 aliphatic rings. The van der Waals surface area contributed by atoms with E-state index in [1.165, 1.54) is 18.4 Å². The van der Waals surface area contributed by atoms with Crippen LogP contribution >= 0.6 is 0 Å². The molecule has 0 aliphatic carbocycles. The lowest BCUT2D eigenvalue weighted by Gasteiger charge is -2.21. The SMILES string of the molecule is CC(C)n1nnnc1CN1CCC[C@H]1C=Cc1ccccc1. The van der Waals surface area contributed by atoms with Crippen molar-refractivity contribution in [3.63, 3.8) is 0 Å². The van der Waals surface area contributed by atoms with Gasteiger partial charge in [0.05, 0.1) is 12.6 Å². The minimum absolute atomic E-state index is 0.297. The van der Waals surface area contributed by atoms with E-state index < -0.39 is 0 Å². The average Bonchev–Trinajstić information content (AvgIpc) is 3.16. The van der Waals surface area contributed by atoms with Gasteiger partial charge >= 0.3 is 0 Å². The van der Waals surface area contributed by atoms with Crippen molar-refractivity contribution in [2.24, 2.45) is 0 Å². The van der Waals surface area contributed by atoms with Gasteiger partial charge in [-0.2, -0.15) is 0 Å². The van der Waals surface area contributed by atoms with Gasteiger partial charge in [-0.25, -0.2) is 4.68 Å². The van der Waals surface area contributed by atoms with Gasteiger partial charge in [0, 0.05) is 6.04 Å².